The van der Waals surface area contributed by atoms with Gasteiger partial charge in [-0.05, 0) is 13.8 Å². The Morgan fingerprint density at radius 1 is 1.32 bits per heavy atom. The Kier molecular flexibility index (Phi) is 7.69. The molecule has 1 aliphatic heterocycles. The average molecular weight is 406 g/mol. The molecule has 0 radical (unpaired) electrons. The van der Waals surface area contributed by atoms with Gasteiger partial charge >= 0.3 is 6.18 Å². The number of piperazine rings is 1. The van der Waals surface area contributed by atoms with Gasteiger partial charge in [0.2, 0.25) is 10.0 Å². The van der Waals surface area contributed by atoms with Gasteiger partial charge in [-0.3, -0.25) is 9.58 Å². The summed E-state index contributed by atoms with van der Waals surface area (Å²) in [5.41, 5.74) is 0. The second-order valence-corrected chi connectivity index (χ2v) is 7.71. The Hall–Kier alpha value is -0.880. The van der Waals surface area contributed by atoms with E-state index in [1.165, 1.54) is 15.8 Å². The van der Waals surface area contributed by atoms with Crippen LogP contribution in [0, 0.1) is 0 Å². The molecule has 2 rings (SSSR count). The SMILES string of the molecule is CC(C)n1cc(S(=O)(=O)NCC(N2CCNCC2)C(F)(F)F)cn1.Cl. The molecule has 12 heteroatoms. The Bertz CT molecular complexity index is 644. The zero-order chi connectivity index (χ0) is 18.0. The van der Waals surface area contributed by atoms with Crippen molar-refractivity contribution in [1.82, 2.24) is 24.7 Å². The lowest BCUT2D eigenvalue weighted by Gasteiger charge is -2.35. The van der Waals surface area contributed by atoms with Gasteiger partial charge in [0.25, 0.3) is 0 Å². The zero-order valence-electron chi connectivity index (χ0n) is 14.0. The summed E-state index contributed by atoms with van der Waals surface area (Å²) < 4.78 is 67.8. The largest absolute Gasteiger partial charge is 0.405 e. The molecule has 0 aliphatic carbocycles. The van der Waals surface area contributed by atoms with Crippen molar-refractivity contribution in [2.75, 3.05) is 32.7 Å². The number of nitrogens with zero attached hydrogens (tertiary/aromatic N) is 3. The van der Waals surface area contributed by atoms with Crippen LogP contribution >= 0.6 is 12.4 Å². The normalized spacial score (nSPS) is 18.2. The van der Waals surface area contributed by atoms with E-state index in [4.69, 9.17) is 0 Å². The van der Waals surface area contributed by atoms with Crippen molar-refractivity contribution < 1.29 is 21.6 Å². The Morgan fingerprint density at radius 2 is 1.92 bits per heavy atom. The van der Waals surface area contributed by atoms with Gasteiger partial charge in [0.15, 0.2) is 0 Å². The third-order valence-corrected chi connectivity index (χ3v) is 5.23. The number of rotatable bonds is 6. The summed E-state index contributed by atoms with van der Waals surface area (Å²) in [6.07, 6.45) is -2.07. The molecular weight excluding hydrogens is 383 g/mol. The summed E-state index contributed by atoms with van der Waals surface area (Å²) in [5.74, 6) is 0. The molecule has 1 unspecified atom stereocenters. The van der Waals surface area contributed by atoms with Gasteiger partial charge in [-0.2, -0.15) is 18.3 Å². The molecule has 0 saturated carbocycles. The van der Waals surface area contributed by atoms with Crippen LogP contribution in [0.5, 0.6) is 0 Å². The van der Waals surface area contributed by atoms with Crippen LogP contribution in [0.3, 0.4) is 0 Å². The fraction of sp³-hybridized carbons (Fsp3) is 0.769. The van der Waals surface area contributed by atoms with Crippen LogP contribution in [-0.4, -0.2) is 68.0 Å². The maximum absolute atomic E-state index is 13.3. The highest BCUT2D eigenvalue weighted by atomic mass is 35.5. The van der Waals surface area contributed by atoms with E-state index >= 15 is 0 Å². The van der Waals surface area contributed by atoms with Crippen LogP contribution in [0.4, 0.5) is 13.2 Å². The standard InChI is InChI=1S/C13H22F3N5O2S.ClH/c1-10(2)21-9-11(7-18-21)24(22,23)19-8-12(13(14,15)16)20-5-3-17-4-6-20;/h7,9-10,12,17,19H,3-6,8H2,1-2H3;1H. The lowest BCUT2D eigenvalue weighted by Crippen LogP contribution is -2.57. The Labute approximate surface area is 151 Å². The van der Waals surface area contributed by atoms with E-state index in [9.17, 15) is 21.6 Å². The summed E-state index contributed by atoms with van der Waals surface area (Å²) in [5, 5.41) is 6.88. The monoisotopic (exact) mass is 405 g/mol. The van der Waals surface area contributed by atoms with Crippen LogP contribution in [0.1, 0.15) is 19.9 Å². The van der Waals surface area contributed by atoms with Gasteiger partial charge in [0.05, 0.1) is 6.20 Å². The van der Waals surface area contributed by atoms with Gasteiger partial charge in [0, 0.05) is 45.0 Å². The molecule has 1 atom stereocenters. The van der Waals surface area contributed by atoms with Crippen molar-refractivity contribution in [2.45, 2.75) is 37.0 Å². The van der Waals surface area contributed by atoms with Crippen LogP contribution in [0.25, 0.3) is 0 Å². The van der Waals surface area contributed by atoms with Crippen LogP contribution in [0.2, 0.25) is 0 Å². The third-order valence-electron chi connectivity index (χ3n) is 3.85. The molecule has 1 fully saturated rings. The minimum absolute atomic E-state index is 0. The molecule has 1 aromatic heterocycles. The average Bonchev–Trinajstić information content (AvgIpc) is 2.98. The number of alkyl halides is 3. The highest BCUT2D eigenvalue weighted by Gasteiger charge is 2.44. The van der Waals surface area contributed by atoms with Crippen LogP contribution < -0.4 is 10.0 Å². The van der Waals surface area contributed by atoms with Gasteiger partial charge in [-0.25, -0.2) is 13.1 Å². The van der Waals surface area contributed by atoms with Crippen molar-refractivity contribution in [2.24, 2.45) is 0 Å². The van der Waals surface area contributed by atoms with E-state index in [0.29, 0.717) is 13.1 Å². The van der Waals surface area contributed by atoms with E-state index in [1.807, 2.05) is 13.8 Å². The molecular formula is C13H23ClF3N5O2S. The van der Waals surface area contributed by atoms with E-state index in [0.717, 1.165) is 6.20 Å². The molecule has 0 aromatic carbocycles. The van der Waals surface area contributed by atoms with E-state index in [-0.39, 0.29) is 36.4 Å². The molecule has 0 spiro atoms. The molecule has 25 heavy (non-hydrogen) atoms. The summed E-state index contributed by atoms with van der Waals surface area (Å²) >= 11 is 0. The van der Waals surface area contributed by atoms with Crippen LogP contribution in [0.15, 0.2) is 17.3 Å². The summed E-state index contributed by atoms with van der Waals surface area (Å²) in [6.45, 7) is 4.25. The second-order valence-electron chi connectivity index (χ2n) is 5.95. The van der Waals surface area contributed by atoms with Gasteiger partial charge in [-0.15, -0.1) is 12.4 Å². The van der Waals surface area contributed by atoms with Gasteiger partial charge in [0.1, 0.15) is 10.9 Å². The van der Waals surface area contributed by atoms with Crippen molar-refractivity contribution >= 4 is 22.4 Å². The number of hydrogen-bond donors (Lipinski definition) is 2. The maximum atomic E-state index is 13.3. The fourth-order valence-corrected chi connectivity index (χ4v) is 3.44. The van der Waals surface area contributed by atoms with E-state index in [1.54, 1.807) is 0 Å². The van der Waals surface area contributed by atoms with E-state index in [2.05, 4.69) is 15.1 Å². The maximum Gasteiger partial charge on any atom is 0.405 e. The number of hydrogen-bond acceptors (Lipinski definition) is 5. The number of nitrogens with one attached hydrogen (secondary N) is 2. The highest BCUT2D eigenvalue weighted by molar-refractivity contribution is 7.89. The summed E-state index contributed by atoms with van der Waals surface area (Å²) in [6, 6.07) is -1.90. The first-order chi connectivity index (χ1) is 11.1. The smallest absolute Gasteiger partial charge is 0.314 e. The quantitative estimate of drug-likeness (QED) is 0.738. The third kappa shape index (κ3) is 5.81. The second kappa shape index (κ2) is 8.67. The van der Waals surface area contributed by atoms with Gasteiger partial charge in [-0.1, -0.05) is 0 Å². The molecule has 0 bridgehead atoms. The predicted molar refractivity (Wildman–Crippen MR) is 89.3 cm³/mol. The fourth-order valence-electron chi connectivity index (χ4n) is 2.46. The van der Waals surface area contributed by atoms with E-state index < -0.39 is 28.8 Å². The minimum Gasteiger partial charge on any atom is -0.314 e. The number of sulfonamides is 1. The topological polar surface area (TPSA) is 79.3 Å². The van der Waals surface area contributed by atoms with Crippen LogP contribution in [-0.2, 0) is 10.0 Å². The first-order valence-corrected chi connectivity index (χ1v) is 9.15. The number of aromatic nitrogens is 2. The summed E-state index contributed by atoms with van der Waals surface area (Å²) in [4.78, 5) is 1.11. The first kappa shape index (κ1) is 22.2. The molecule has 2 heterocycles. The lowest BCUT2D eigenvalue weighted by atomic mass is 10.2. The van der Waals surface area contributed by atoms with Crippen molar-refractivity contribution in [1.29, 1.82) is 0 Å². The van der Waals surface area contributed by atoms with Gasteiger partial charge < -0.3 is 5.32 Å². The summed E-state index contributed by atoms with van der Waals surface area (Å²) in [7, 11) is -4.04. The molecule has 7 nitrogen and oxygen atoms in total. The first-order valence-electron chi connectivity index (χ1n) is 7.66. The Balaban J connectivity index is 0.00000312. The molecule has 0 amide bonds. The molecule has 1 aromatic rings. The van der Waals surface area contributed by atoms with Crippen molar-refractivity contribution in [3.05, 3.63) is 12.4 Å². The Morgan fingerprint density at radius 3 is 2.40 bits per heavy atom. The molecule has 146 valence electrons. The lowest BCUT2D eigenvalue weighted by molar-refractivity contribution is -0.182. The number of halogens is 4. The van der Waals surface area contributed by atoms with Crippen molar-refractivity contribution in [3.63, 3.8) is 0 Å². The van der Waals surface area contributed by atoms with Crippen molar-refractivity contribution in [3.8, 4) is 0 Å². The molecule has 1 saturated heterocycles. The minimum atomic E-state index is -4.51. The predicted octanol–water partition coefficient (Wildman–Crippen LogP) is 1.00. The highest BCUT2D eigenvalue weighted by Crippen LogP contribution is 2.25. The molecule has 1 aliphatic rings. The zero-order valence-corrected chi connectivity index (χ0v) is 15.6. The molecule has 2 N–H and O–H groups in total.